The number of aliphatic hydroxyl groups is 1. The van der Waals surface area contributed by atoms with Gasteiger partial charge in [-0.3, -0.25) is 4.79 Å². The lowest BCUT2D eigenvalue weighted by Crippen LogP contribution is -2.12. The third-order valence-corrected chi connectivity index (χ3v) is 2.44. The molecule has 1 rings (SSSR count). The summed E-state index contributed by atoms with van der Waals surface area (Å²) in [6.45, 7) is 0. The standard InChI is InChI=1S/C11H12ClNO4/c12-4-3-9(14)7-2-1-6(5-8(7)13)10(15)11(16)17/h1-2,5,10,15H,3-4,13H2,(H,16,17). The van der Waals surface area contributed by atoms with Gasteiger partial charge in [0.1, 0.15) is 0 Å². The Morgan fingerprint density at radius 2 is 2.06 bits per heavy atom. The Balaban J connectivity index is 3.01. The lowest BCUT2D eigenvalue weighted by Gasteiger charge is -2.09. The Kier molecular flexibility index (Phi) is 4.48. The molecule has 5 nitrogen and oxygen atoms in total. The molecular formula is C11H12ClNO4. The molecular weight excluding hydrogens is 246 g/mol. The zero-order valence-corrected chi connectivity index (χ0v) is 9.65. The van der Waals surface area contributed by atoms with Crippen LogP contribution in [0.5, 0.6) is 0 Å². The highest BCUT2D eigenvalue weighted by atomic mass is 35.5. The van der Waals surface area contributed by atoms with Crippen LogP contribution < -0.4 is 5.73 Å². The number of anilines is 1. The topological polar surface area (TPSA) is 101 Å². The van der Waals surface area contributed by atoms with Crippen LogP contribution in [-0.2, 0) is 4.79 Å². The molecule has 0 aliphatic carbocycles. The summed E-state index contributed by atoms with van der Waals surface area (Å²) in [5.41, 5.74) is 6.18. The number of aliphatic carboxylic acids is 1. The molecule has 0 spiro atoms. The first-order chi connectivity index (χ1) is 7.97. The largest absolute Gasteiger partial charge is 0.479 e. The van der Waals surface area contributed by atoms with Crippen LogP contribution in [-0.4, -0.2) is 27.8 Å². The van der Waals surface area contributed by atoms with Crippen LogP contribution in [0.2, 0.25) is 0 Å². The number of carbonyl (C=O) groups excluding carboxylic acids is 1. The number of Topliss-reactive ketones (excluding diaryl/α,β-unsaturated/α-hetero) is 1. The second-order valence-electron chi connectivity index (χ2n) is 3.45. The number of hydrogen-bond donors (Lipinski definition) is 3. The van der Waals surface area contributed by atoms with Gasteiger partial charge in [0, 0.05) is 23.6 Å². The molecule has 4 N–H and O–H groups in total. The Hall–Kier alpha value is -1.59. The quantitative estimate of drug-likeness (QED) is 0.418. The molecule has 1 atom stereocenters. The van der Waals surface area contributed by atoms with Crippen LogP contribution >= 0.6 is 11.6 Å². The minimum Gasteiger partial charge on any atom is -0.479 e. The van der Waals surface area contributed by atoms with Gasteiger partial charge in [-0.05, 0) is 17.7 Å². The summed E-state index contributed by atoms with van der Waals surface area (Å²) in [7, 11) is 0. The van der Waals surface area contributed by atoms with Crippen molar-refractivity contribution in [3.8, 4) is 0 Å². The molecule has 92 valence electrons. The van der Waals surface area contributed by atoms with Gasteiger partial charge in [0.25, 0.3) is 0 Å². The van der Waals surface area contributed by atoms with Gasteiger partial charge in [-0.1, -0.05) is 6.07 Å². The fourth-order valence-corrected chi connectivity index (χ4v) is 1.54. The molecule has 0 fully saturated rings. The molecule has 17 heavy (non-hydrogen) atoms. The molecule has 1 aromatic rings. The summed E-state index contributed by atoms with van der Waals surface area (Å²) in [5, 5.41) is 17.9. The van der Waals surface area contributed by atoms with Gasteiger partial charge in [-0.15, -0.1) is 11.6 Å². The van der Waals surface area contributed by atoms with Crippen LogP contribution in [0.15, 0.2) is 18.2 Å². The number of aliphatic hydroxyl groups excluding tert-OH is 1. The molecule has 6 heteroatoms. The second-order valence-corrected chi connectivity index (χ2v) is 3.83. The summed E-state index contributed by atoms with van der Waals surface area (Å²) in [4.78, 5) is 22.1. The third kappa shape index (κ3) is 3.18. The summed E-state index contributed by atoms with van der Waals surface area (Å²) >= 11 is 5.44. The number of nitrogen functional groups attached to an aromatic ring is 1. The van der Waals surface area contributed by atoms with E-state index in [9.17, 15) is 14.7 Å². The van der Waals surface area contributed by atoms with Crippen molar-refractivity contribution >= 4 is 29.0 Å². The van der Waals surface area contributed by atoms with Gasteiger partial charge < -0.3 is 15.9 Å². The Morgan fingerprint density at radius 3 is 2.53 bits per heavy atom. The smallest absolute Gasteiger partial charge is 0.337 e. The van der Waals surface area contributed by atoms with Crippen molar-refractivity contribution in [1.82, 2.24) is 0 Å². The zero-order valence-electron chi connectivity index (χ0n) is 8.89. The van der Waals surface area contributed by atoms with Crippen molar-refractivity contribution in [3.05, 3.63) is 29.3 Å². The number of nitrogens with two attached hydrogens (primary N) is 1. The number of rotatable bonds is 5. The van der Waals surface area contributed by atoms with Crippen LogP contribution in [0.1, 0.15) is 28.4 Å². The predicted octanol–water partition coefficient (Wildman–Crippen LogP) is 1.20. The molecule has 0 radical (unpaired) electrons. The monoisotopic (exact) mass is 257 g/mol. The average Bonchev–Trinajstić information content (AvgIpc) is 2.27. The van der Waals surface area contributed by atoms with E-state index in [0.29, 0.717) is 0 Å². The lowest BCUT2D eigenvalue weighted by molar-refractivity contribution is -0.146. The molecule has 0 bridgehead atoms. The minimum absolute atomic E-state index is 0.137. The molecule has 0 amide bonds. The van der Waals surface area contributed by atoms with E-state index in [1.54, 1.807) is 0 Å². The van der Waals surface area contributed by atoms with Gasteiger partial charge in [-0.2, -0.15) is 0 Å². The highest BCUT2D eigenvalue weighted by Gasteiger charge is 2.18. The van der Waals surface area contributed by atoms with Gasteiger partial charge in [-0.25, -0.2) is 4.79 Å². The SMILES string of the molecule is Nc1cc(C(O)C(=O)O)ccc1C(=O)CCCl. The maximum absolute atomic E-state index is 11.5. The number of ketones is 1. The summed E-state index contributed by atoms with van der Waals surface area (Å²) < 4.78 is 0. The van der Waals surface area contributed by atoms with Crippen molar-refractivity contribution in [2.24, 2.45) is 0 Å². The second kappa shape index (κ2) is 5.65. The number of benzene rings is 1. The maximum Gasteiger partial charge on any atom is 0.337 e. The van der Waals surface area contributed by atoms with E-state index in [1.807, 2.05) is 0 Å². The normalized spacial score (nSPS) is 12.1. The number of halogens is 1. The van der Waals surface area contributed by atoms with E-state index in [0.717, 1.165) is 0 Å². The number of carboxylic acids is 1. The van der Waals surface area contributed by atoms with Crippen molar-refractivity contribution in [1.29, 1.82) is 0 Å². The molecule has 0 aromatic heterocycles. The number of carbonyl (C=O) groups is 2. The Labute approximate surface area is 103 Å². The van der Waals surface area contributed by atoms with Crippen LogP contribution in [0.4, 0.5) is 5.69 Å². The summed E-state index contributed by atoms with van der Waals surface area (Å²) in [6, 6.07) is 4.03. The Bertz CT molecular complexity index is 447. The summed E-state index contributed by atoms with van der Waals surface area (Å²) in [5.74, 6) is -1.39. The van der Waals surface area contributed by atoms with Crippen molar-refractivity contribution in [2.45, 2.75) is 12.5 Å². The van der Waals surface area contributed by atoms with E-state index in [1.165, 1.54) is 18.2 Å². The van der Waals surface area contributed by atoms with Gasteiger partial charge >= 0.3 is 5.97 Å². The molecule has 0 aliphatic rings. The van der Waals surface area contributed by atoms with Gasteiger partial charge in [0.15, 0.2) is 11.9 Å². The number of alkyl halides is 1. The number of carboxylic acid groups (broad SMARTS) is 1. The van der Waals surface area contributed by atoms with Gasteiger partial charge in [0.2, 0.25) is 0 Å². The fraction of sp³-hybridized carbons (Fsp3) is 0.273. The van der Waals surface area contributed by atoms with E-state index in [2.05, 4.69) is 0 Å². The first kappa shape index (κ1) is 13.5. The third-order valence-electron chi connectivity index (χ3n) is 2.25. The van der Waals surface area contributed by atoms with E-state index in [-0.39, 0.29) is 34.9 Å². The fourth-order valence-electron chi connectivity index (χ4n) is 1.37. The van der Waals surface area contributed by atoms with Crippen molar-refractivity contribution in [3.63, 3.8) is 0 Å². The Morgan fingerprint density at radius 1 is 1.41 bits per heavy atom. The minimum atomic E-state index is -1.64. The van der Waals surface area contributed by atoms with Crippen LogP contribution in [0.3, 0.4) is 0 Å². The molecule has 0 aliphatic heterocycles. The predicted molar refractivity (Wildman–Crippen MR) is 63.1 cm³/mol. The highest BCUT2D eigenvalue weighted by Crippen LogP contribution is 2.21. The van der Waals surface area contributed by atoms with Crippen LogP contribution in [0, 0.1) is 0 Å². The molecule has 1 aromatic carbocycles. The molecule has 0 heterocycles. The highest BCUT2D eigenvalue weighted by molar-refractivity contribution is 6.19. The van der Waals surface area contributed by atoms with Crippen molar-refractivity contribution in [2.75, 3.05) is 11.6 Å². The van der Waals surface area contributed by atoms with E-state index in [4.69, 9.17) is 22.4 Å². The maximum atomic E-state index is 11.5. The van der Waals surface area contributed by atoms with Crippen molar-refractivity contribution < 1.29 is 19.8 Å². The van der Waals surface area contributed by atoms with Crippen LogP contribution in [0.25, 0.3) is 0 Å². The first-order valence-electron chi connectivity index (χ1n) is 4.86. The van der Waals surface area contributed by atoms with E-state index < -0.39 is 12.1 Å². The average molecular weight is 258 g/mol. The first-order valence-corrected chi connectivity index (χ1v) is 5.40. The summed E-state index contributed by atoms with van der Waals surface area (Å²) in [6.07, 6.45) is -1.48. The number of hydrogen-bond acceptors (Lipinski definition) is 4. The molecule has 0 saturated heterocycles. The zero-order chi connectivity index (χ0) is 13.0. The molecule has 1 unspecified atom stereocenters. The van der Waals surface area contributed by atoms with Gasteiger partial charge in [0.05, 0.1) is 0 Å². The lowest BCUT2D eigenvalue weighted by atomic mass is 10.0. The molecule has 0 saturated carbocycles. The van der Waals surface area contributed by atoms with E-state index >= 15 is 0 Å².